The van der Waals surface area contributed by atoms with Crippen LogP contribution >= 0.6 is 0 Å². The normalized spacial score (nSPS) is 25.9. The predicted octanol–water partition coefficient (Wildman–Crippen LogP) is 0.169. The van der Waals surface area contributed by atoms with Crippen LogP contribution in [0.2, 0.25) is 0 Å². The Labute approximate surface area is 166 Å². The lowest BCUT2D eigenvalue weighted by atomic mass is 9.92. The van der Waals surface area contributed by atoms with Crippen LogP contribution in [0, 0.1) is 0 Å². The molecule has 12 nitrogen and oxygen atoms in total. The second kappa shape index (κ2) is 8.99. The highest BCUT2D eigenvalue weighted by molar-refractivity contribution is 5.84. The molecule has 29 heavy (non-hydrogen) atoms. The van der Waals surface area contributed by atoms with Crippen LogP contribution in [0.1, 0.15) is 51.0 Å². The minimum absolute atomic E-state index is 0.240. The minimum atomic E-state index is -1.32. The number of hydrogen-bond acceptors (Lipinski definition) is 11. The number of carbonyl (C=O) groups excluding carboxylic acids is 4. The Morgan fingerprint density at radius 1 is 1.14 bits per heavy atom. The smallest absolute Gasteiger partial charge is 0.377 e. The zero-order valence-corrected chi connectivity index (χ0v) is 16.7. The number of nitrogens with zero attached hydrogens (tertiary/aromatic N) is 3. The van der Waals surface area contributed by atoms with E-state index in [-0.39, 0.29) is 18.9 Å². The van der Waals surface area contributed by atoms with Crippen molar-refractivity contribution in [3.8, 4) is 0 Å². The van der Waals surface area contributed by atoms with Gasteiger partial charge in [0.15, 0.2) is 18.4 Å². The Balaban J connectivity index is 2.48. The molecule has 0 saturated carbocycles. The summed E-state index contributed by atoms with van der Waals surface area (Å²) in [6.45, 7) is 5.06. The summed E-state index contributed by atoms with van der Waals surface area (Å²) in [5.74, 6) is -2.89. The molecule has 2 heterocycles. The van der Waals surface area contributed by atoms with Gasteiger partial charge in [0.2, 0.25) is 0 Å². The molecule has 160 valence electrons. The molecule has 1 fully saturated rings. The summed E-state index contributed by atoms with van der Waals surface area (Å²) < 4.78 is 27.7. The molecule has 1 saturated heterocycles. The molecule has 0 bridgehead atoms. The van der Waals surface area contributed by atoms with Gasteiger partial charge in [0.05, 0.1) is 7.11 Å². The zero-order chi connectivity index (χ0) is 21.8. The van der Waals surface area contributed by atoms with Crippen molar-refractivity contribution in [3.63, 3.8) is 0 Å². The summed E-state index contributed by atoms with van der Waals surface area (Å²) in [6, 6.07) is 0. The lowest BCUT2D eigenvalue weighted by Crippen LogP contribution is -2.50. The monoisotopic (exact) mass is 413 g/mol. The fourth-order valence-electron chi connectivity index (χ4n) is 3.00. The Morgan fingerprint density at radius 2 is 1.79 bits per heavy atom. The molecule has 0 radical (unpaired) electrons. The average Bonchev–Trinajstić information content (AvgIpc) is 3.24. The third-order valence-corrected chi connectivity index (χ3v) is 4.30. The molecule has 0 aliphatic carbocycles. The van der Waals surface area contributed by atoms with Crippen molar-refractivity contribution >= 4 is 23.9 Å². The Bertz CT molecular complexity index is 793. The molecule has 0 amide bonds. The van der Waals surface area contributed by atoms with Gasteiger partial charge in [-0.3, -0.25) is 14.4 Å². The second-order valence-corrected chi connectivity index (χ2v) is 6.35. The Morgan fingerprint density at radius 3 is 2.31 bits per heavy atom. The highest BCUT2D eigenvalue weighted by Crippen LogP contribution is 2.43. The van der Waals surface area contributed by atoms with Gasteiger partial charge in [-0.1, -0.05) is 6.92 Å². The maximum Gasteiger partial charge on any atom is 0.377 e. The average molecular weight is 413 g/mol. The van der Waals surface area contributed by atoms with E-state index < -0.39 is 47.9 Å². The summed E-state index contributed by atoms with van der Waals surface area (Å²) in [7, 11) is 1.18. The van der Waals surface area contributed by atoms with Crippen molar-refractivity contribution in [2.45, 2.75) is 58.2 Å². The SMILES string of the molecule is CC[C@]1(COC(C)=O)O[C@@H](n2cnc(C(=O)OC)n2)C(OC(C)=O)C1OC(C)=O. The van der Waals surface area contributed by atoms with E-state index in [9.17, 15) is 19.2 Å². The van der Waals surface area contributed by atoms with Gasteiger partial charge in [-0.15, -0.1) is 5.10 Å². The number of hydrogen-bond donors (Lipinski definition) is 0. The van der Waals surface area contributed by atoms with Crippen LogP contribution in [0.4, 0.5) is 0 Å². The van der Waals surface area contributed by atoms with Crippen molar-refractivity contribution in [2.24, 2.45) is 0 Å². The van der Waals surface area contributed by atoms with Crippen molar-refractivity contribution in [1.29, 1.82) is 0 Å². The first-order valence-corrected chi connectivity index (χ1v) is 8.78. The Kier molecular flexibility index (Phi) is 6.90. The summed E-state index contributed by atoms with van der Waals surface area (Å²) in [6.07, 6.45) is -1.92. The molecule has 1 aliphatic heterocycles. The molecular formula is C17H23N3O9. The number of methoxy groups -OCH3 is 1. The fourth-order valence-corrected chi connectivity index (χ4v) is 3.00. The van der Waals surface area contributed by atoms with E-state index in [1.807, 2.05) is 0 Å². The maximum absolute atomic E-state index is 11.7. The van der Waals surface area contributed by atoms with Gasteiger partial charge in [0, 0.05) is 20.8 Å². The zero-order valence-electron chi connectivity index (χ0n) is 16.7. The number of carbonyl (C=O) groups is 4. The van der Waals surface area contributed by atoms with Crippen molar-refractivity contribution in [3.05, 3.63) is 12.2 Å². The van der Waals surface area contributed by atoms with Gasteiger partial charge in [-0.05, 0) is 6.42 Å². The van der Waals surface area contributed by atoms with Gasteiger partial charge < -0.3 is 23.7 Å². The van der Waals surface area contributed by atoms with Crippen molar-refractivity contribution in [2.75, 3.05) is 13.7 Å². The van der Waals surface area contributed by atoms with E-state index in [0.717, 1.165) is 4.68 Å². The molecule has 1 aliphatic rings. The fraction of sp³-hybridized carbons (Fsp3) is 0.647. The van der Waals surface area contributed by atoms with Gasteiger partial charge in [0.1, 0.15) is 18.5 Å². The van der Waals surface area contributed by atoms with Crippen LogP contribution < -0.4 is 0 Å². The van der Waals surface area contributed by atoms with E-state index >= 15 is 0 Å². The van der Waals surface area contributed by atoms with Crippen LogP contribution in [-0.4, -0.2) is 70.2 Å². The minimum Gasteiger partial charge on any atom is -0.463 e. The summed E-state index contributed by atoms with van der Waals surface area (Å²) in [4.78, 5) is 50.3. The standard InChI is InChI=1S/C17H23N3O9/c1-6-17(7-26-9(2)21)13(28-11(4)23)12(27-10(3)22)15(29-17)20-8-18-14(19-20)16(24)25-5/h8,12-13,15H,6-7H2,1-5H3/t12?,13?,15-,17-/m1/s1. The lowest BCUT2D eigenvalue weighted by molar-refractivity contribution is -0.178. The first-order valence-electron chi connectivity index (χ1n) is 8.78. The summed E-state index contributed by atoms with van der Waals surface area (Å²) in [5, 5.41) is 4.00. The molecule has 2 unspecified atom stereocenters. The van der Waals surface area contributed by atoms with Crippen LogP contribution in [0.15, 0.2) is 6.33 Å². The molecule has 2 rings (SSSR count). The van der Waals surface area contributed by atoms with E-state index in [2.05, 4.69) is 14.8 Å². The molecule has 0 N–H and O–H groups in total. The highest BCUT2D eigenvalue weighted by Gasteiger charge is 2.60. The predicted molar refractivity (Wildman–Crippen MR) is 92.2 cm³/mol. The molecule has 4 atom stereocenters. The van der Waals surface area contributed by atoms with E-state index in [4.69, 9.17) is 18.9 Å². The van der Waals surface area contributed by atoms with Crippen molar-refractivity contribution in [1.82, 2.24) is 14.8 Å². The van der Waals surface area contributed by atoms with Crippen LogP contribution in [0.3, 0.4) is 0 Å². The molecule has 0 aromatic carbocycles. The van der Waals surface area contributed by atoms with Crippen LogP contribution in [0.25, 0.3) is 0 Å². The second-order valence-electron chi connectivity index (χ2n) is 6.35. The largest absolute Gasteiger partial charge is 0.463 e. The highest BCUT2D eigenvalue weighted by atomic mass is 16.7. The van der Waals surface area contributed by atoms with Gasteiger partial charge >= 0.3 is 23.9 Å². The first-order chi connectivity index (χ1) is 13.6. The topological polar surface area (TPSA) is 145 Å². The number of aromatic nitrogens is 3. The van der Waals surface area contributed by atoms with E-state index in [1.165, 1.54) is 34.2 Å². The molecular weight excluding hydrogens is 390 g/mol. The van der Waals surface area contributed by atoms with E-state index in [1.54, 1.807) is 6.92 Å². The quantitative estimate of drug-likeness (QED) is 0.445. The van der Waals surface area contributed by atoms with Gasteiger partial charge in [-0.2, -0.15) is 0 Å². The van der Waals surface area contributed by atoms with E-state index in [0.29, 0.717) is 0 Å². The lowest BCUT2D eigenvalue weighted by Gasteiger charge is -2.32. The number of rotatable bonds is 7. The van der Waals surface area contributed by atoms with Crippen LogP contribution in [0.5, 0.6) is 0 Å². The molecule has 1 aromatic heterocycles. The van der Waals surface area contributed by atoms with Gasteiger partial charge in [0.25, 0.3) is 5.82 Å². The third kappa shape index (κ3) is 4.88. The molecule has 12 heteroatoms. The Hall–Kier alpha value is -3.02. The maximum atomic E-state index is 11.7. The van der Waals surface area contributed by atoms with Gasteiger partial charge in [-0.25, -0.2) is 14.5 Å². The summed E-state index contributed by atoms with van der Waals surface area (Å²) >= 11 is 0. The number of esters is 4. The number of ether oxygens (including phenoxy) is 5. The molecule has 0 spiro atoms. The third-order valence-electron chi connectivity index (χ3n) is 4.30. The first kappa shape index (κ1) is 22.3. The molecule has 1 aromatic rings. The van der Waals surface area contributed by atoms with Crippen molar-refractivity contribution < 1.29 is 42.9 Å². The summed E-state index contributed by atoms with van der Waals surface area (Å²) in [5.41, 5.74) is -1.32. The van der Waals surface area contributed by atoms with Crippen LogP contribution in [-0.2, 0) is 38.1 Å².